The summed E-state index contributed by atoms with van der Waals surface area (Å²) in [5.41, 5.74) is 1.41. The highest BCUT2D eigenvalue weighted by Crippen LogP contribution is 2.34. The first-order valence-electron chi connectivity index (χ1n) is 6.63. The normalized spacial score (nSPS) is 26.0. The summed E-state index contributed by atoms with van der Waals surface area (Å²) in [5.74, 6) is 0.719. The number of aromatic nitrogens is 1. The minimum Gasteiger partial charge on any atom is -0.317 e. The molecule has 1 aliphatic heterocycles. The van der Waals surface area contributed by atoms with Gasteiger partial charge in [0.15, 0.2) is 0 Å². The van der Waals surface area contributed by atoms with Crippen LogP contribution in [-0.4, -0.2) is 36.6 Å². The van der Waals surface area contributed by atoms with Gasteiger partial charge in [-0.1, -0.05) is 6.92 Å². The summed E-state index contributed by atoms with van der Waals surface area (Å²) in [5, 5.41) is 3.50. The first-order chi connectivity index (χ1) is 8.33. The zero-order valence-corrected chi connectivity index (χ0v) is 10.9. The van der Waals surface area contributed by atoms with E-state index in [0.29, 0.717) is 6.04 Å². The van der Waals surface area contributed by atoms with Crippen molar-refractivity contribution in [3.63, 3.8) is 0 Å². The predicted octanol–water partition coefficient (Wildman–Crippen LogP) is 2.07. The van der Waals surface area contributed by atoms with E-state index in [1.807, 2.05) is 12.4 Å². The smallest absolute Gasteiger partial charge is 0.0386 e. The van der Waals surface area contributed by atoms with Crippen molar-refractivity contribution < 1.29 is 0 Å². The Kier molecular flexibility index (Phi) is 4.51. The lowest BCUT2D eigenvalue weighted by molar-refractivity contribution is 0.120. The highest BCUT2D eigenvalue weighted by molar-refractivity contribution is 5.17. The van der Waals surface area contributed by atoms with Gasteiger partial charge in [-0.3, -0.25) is 9.88 Å². The third-order valence-electron chi connectivity index (χ3n) is 3.71. The lowest BCUT2D eigenvalue weighted by Gasteiger charge is -2.39. The summed E-state index contributed by atoms with van der Waals surface area (Å²) >= 11 is 0. The van der Waals surface area contributed by atoms with E-state index in [1.54, 1.807) is 0 Å². The van der Waals surface area contributed by atoms with Crippen LogP contribution < -0.4 is 5.32 Å². The fourth-order valence-electron chi connectivity index (χ4n) is 2.89. The van der Waals surface area contributed by atoms with Crippen molar-refractivity contribution in [3.05, 3.63) is 30.1 Å². The van der Waals surface area contributed by atoms with Gasteiger partial charge in [-0.2, -0.15) is 0 Å². The average molecular weight is 233 g/mol. The van der Waals surface area contributed by atoms with E-state index in [-0.39, 0.29) is 0 Å². The molecule has 3 heteroatoms. The number of pyridine rings is 1. The molecule has 1 saturated heterocycles. The molecular weight excluding hydrogens is 210 g/mol. The molecule has 1 aromatic rings. The Balaban J connectivity index is 2.13. The SMILES string of the molecule is CCNCC1CCCN(C)C1c1ccncc1. The van der Waals surface area contributed by atoms with Gasteiger partial charge in [-0.05, 0) is 63.1 Å². The number of piperidine rings is 1. The summed E-state index contributed by atoms with van der Waals surface area (Å²) in [4.78, 5) is 6.61. The minimum absolute atomic E-state index is 0.547. The van der Waals surface area contributed by atoms with Crippen LogP contribution in [0.1, 0.15) is 31.4 Å². The van der Waals surface area contributed by atoms with Gasteiger partial charge in [0.2, 0.25) is 0 Å². The maximum atomic E-state index is 4.12. The standard InChI is InChI=1S/C14H23N3/c1-3-15-11-13-5-4-10-17(2)14(13)12-6-8-16-9-7-12/h6-9,13-15H,3-5,10-11H2,1-2H3. The number of nitrogens with one attached hydrogen (secondary N) is 1. The van der Waals surface area contributed by atoms with Crippen LogP contribution in [0.5, 0.6) is 0 Å². The van der Waals surface area contributed by atoms with E-state index in [0.717, 1.165) is 19.0 Å². The molecule has 0 aromatic carbocycles. The fraction of sp³-hybridized carbons (Fsp3) is 0.643. The highest BCUT2D eigenvalue weighted by atomic mass is 15.1. The second-order valence-corrected chi connectivity index (χ2v) is 4.92. The van der Waals surface area contributed by atoms with Gasteiger partial charge in [-0.15, -0.1) is 0 Å². The molecular formula is C14H23N3. The van der Waals surface area contributed by atoms with Crippen LogP contribution in [-0.2, 0) is 0 Å². The summed E-state index contributed by atoms with van der Waals surface area (Å²) < 4.78 is 0. The third kappa shape index (κ3) is 3.05. The first-order valence-corrected chi connectivity index (χ1v) is 6.63. The Hall–Kier alpha value is -0.930. The molecule has 0 aliphatic carbocycles. The summed E-state index contributed by atoms with van der Waals surface area (Å²) in [6, 6.07) is 4.86. The molecule has 0 saturated carbocycles. The van der Waals surface area contributed by atoms with Gasteiger partial charge >= 0.3 is 0 Å². The molecule has 2 rings (SSSR count). The summed E-state index contributed by atoms with van der Waals surface area (Å²) in [6.07, 6.45) is 6.45. The van der Waals surface area contributed by atoms with Gasteiger partial charge < -0.3 is 5.32 Å². The molecule has 1 fully saturated rings. The first kappa shape index (κ1) is 12.5. The van der Waals surface area contributed by atoms with Gasteiger partial charge in [0.25, 0.3) is 0 Å². The van der Waals surface area contributed by atoms with Crippen molar-refractivity contribution in [1.29, 1.82) is 0 Å². The molecule has 17 heavy (non-hydrogen) atoms. The Morgan fingerprint density at radius 2 is 2.18 bits per heavy atom. The zero-order valence-electron chi connectivity index (χ0n) is 10.9. The summed E-state index contributed by atoms with van der Waals surface area (Å²) in [6.45, 7) is 5.56. The Morgan fingerprint density at radius 1 is 1.41 bits per heavy atom. The molecule has 0 amide bonds. The zero-order chi connectivity index (χ0) is 12.1. The van der Waals surface area contributed by atoms with Gasteiger partial charge in [0.05, 0.1) is 0 Å². The molecule has 2 heterocycles. The third-order valence-corrected chi connectivity index (χ3v) is 3.71. The molecule has 1 aliphatic rings. The van der Waals surface area contributed by atoms with Crippen molar-refractivity contribution in [2.24, 2.45) is 5.92 Å². The molecule has 2 atom stereocenters. The number of nitrogens with zero attached hydrogens (tertiary/aromatic N) is 2. The maximum Gasteiger partial charge on any atom is 0.0386 e. The molecule has 1 N–H and O–H groups in total. The van der Waals surface area contributed by atoms with Gasteiger partial charge in [-0.25, -0.2) is 0 Å². The van der Waals surface area contributed by atoms with E-state index in [4.69, 9.17) is 0 Å². The monoisotopic (exact) mass is 233 g/mol. The van der Waals surface area contributed by atoms with Crippen molar-refractivity contribution in [1.82, 2.24) is 15.2 Å². The average Bonchev–Trinajstić information content (AvgIpc) is 2.37. The minimum atomic E-state index is 0.547. The van der Waals surface area contributed by atoms with Crippen LogP contribution in [0.3, 0.4) is 0 Å². The molecule has 94 valence electrons. The molecule has 1 aromatic heterocycles. The van der Waals surface area contributed by atoms with Gasteiger partial charge in [0, 0.05) is 18.4 Å². The van der Waals surface area contributed by atoms with Crippen LogP contribution in [0.4, 0.5) is 0 Å². The lowest BCUT2D eigenvalue weighted by Crippen LogP contribution is -2.40. The van der Waals surface area contributed by atoms with Crippen LogP contribution in [0, 0.1) is 5.92 Å². The lowest BCUT2D eigenvalue weighted by atomic mass is 9.85. The topological polar surface area (TPSA) is 28.2 Å². The van der Waals surface area contributed by atoms with Crippen molar-refractivity contribution in [3.8, 4) is 0 Å². The number of hydrogen-bond donors (Lipinski definition) is 1. The van der Waals surface area contributed by atoms with Crippen molar-refractivity contribution in [2.75, 3.05) is 26.7 Å². The van der Waals surface area contributed by atoms with Crippen LogP contribution in [0.2, 0.25) is 0 Å². The number of rotatable bonds is 4. The van der Waals surface area contributed by atoms with E-state index in [2.05, 4.69) is 41.3 Å². The fourth-order valence-corrected chi connectivity index (χ4v) is 2.89. The van der Waals surface area contributed by atoms with E-state index < -0.39 is 0 Å². The largest absolute Gasteiger partial charge is 0.317 e. The second-order valence-electron chi connectivity index (χ2n) is 4.92. The predicted molar refractivity (Wildman–Crippen MR) is 70.9 cm³/mol. The molecule has 0 radical (unpaired) electrons. The van der Waals surface area contributed by atoms with Gasteiger partial charge in [0.1, 0.15) is 0 Å². The molecule has 0 spiro atoms. The molecule has 0 bridgehead atoms. The van der Waals surface area contributed by atoms with Crippen LogP contribution >= 0.6 is 0 Å². The summed E-state index contributed by atoms with van der Waals surface area (Å²) in [7, 11) is 2.24. The van der Waals surface area contributed by atoms with E-state index in [1.165, 1.54) is 24.9 Å². The molecule has 3 nitrogen and oxygen atoms in total. The van der Waals surface area contributed by atoms with Crippen LogP contribution in [0.25, 0.3) is 0 Å². The number of likely N-dealkylation sites (tertiary alicyclic amines) is 1. The quantitative estimate of drug-likeness (QED) is 0.863. The highest BCUT2D eigenvalue weighted by Gasteiger charge is 2.29. The van der Waals surface area contributed by atoms with Crippen molar-refractivity contribution in [2.45, 2.75) is 25.8 Å². The maximum absolute atomic E-state index is 4.12. The van der Waals surface area contributed by atoms with E-state index in [9.17, 15) is 0 Å². The Bertz CT molecular complexity index is 325. The van der Waals surface area contributed by atoms with E-state index >= 15 is 0 Å². The van der Waals surface area contributed by atoms with Crippen LogP contribution in [0.15, 0.2) is 24.5 Å². The number of hydrogen-bond acceptors (Lipinski definition) is 3. The Morgan fingerprint density at radius 3 is 2.88 bits per heavy atom. The molecule has 2 unspecified atom stereocenters. The second kappa shape index (κ2) is 6.12. The Labute approximate surface area is 104 Å². The van der Waals surface area contributed by atoms with Crippen molar-refractivity contribution >= 4 is 0 Å².